The van der Waals surface area contributed by atoms with Crippen LogP contribution in [0.3, 0.4) is 0 Å². The van der Waals surface area contributed by atoms with Gasteiger partial charge in [-0.2, -0.15) is 5.26 Å². The van der Waals surface area contributed by atoms with Crippen LogP contribution in [-0.4, -0.2) is 11.5 Å². The number of rotatable bonds is 4. The summed E-state index contributed by atoms with van der Waals surface area (Å²) < 4.78 is 0. The van der Waals surface area contributed by atoms with Crippen LogP contribution in [0.15, 0.2) is 30.5 Å². The summed E-state index contributed by atoms with van der Waals surface area (Å²) in [6, 6.07) is 5.96. The molecule has 2 rings (SSSR count). The Bertz CT molecular complexity index is 431. The molecule has 0 saturated carbocycles. The van der Waals surface area contributed by atoms with Crippen molar-refractivity contribution in [3.63, 3.8) is 0 Å². The van der Waals surface area contributed by atoms with Crippen LogP contribution in [0.1, 0.15) is 30.5 Å². The average molecular weight is 227 g/mol. The lowest BCUT2D eigenvalue weighted by Crippen LogP contribution is -2.23. The molecular formula is C14H17N3. The van der Waals surface area contributed by atoms with Crippen molar-refractivity contribution in [2.45, 2.75) is 25.8 Å². The molecule has 0 saturated heterocycles. The van der Waals surface area contributed by atoms with Crippen LogP contribution in [0.4, 0.5) is 0 Å². The molecule has 0 bridgehead atoms. The molecule has 1 aliphatic rings. The van der Waals surface area contributed by atoms with Gasteiger partial charge in [0.15, 0.2) is 0 Å². The molecule has 0 fully saturated rings. The fourth-order valence-corrected chi connectivity index (χ4v) is 2.13. The van der Waals surface area contributed by atoms with Gasteiger partial charge in [-0.05, 0) is 37.8 Å². The first-order valence-electron chi connectivity index (χ1n) is 6.10. The summed E-state index contributed by atoms with van der Waals surface area (Å²) in [6.45, 7) is 1.75. The summed E-state index contributed by atoms with van der Waals surface area (Å²) in [7, 11) is 0. The standard InChI is InChI=1S/C14H17N3/c15-9-14-13(7-4-8-17-14)11-16-10-12-5-2-1-3-6-12/h1-2,4,7-8,12,16H,3,5-6,10-11H2. The van der Waals surface area contributed by atoms with Crippen molar-refractivity contribution in [3.8, 4) is 6.07 Å². The number of nitrogens with one attached hydrogen (secondary N) is 1. The van der Waals surface area contributed by atoms with Crippen molar-refractivity contribution < 1.29 is 0 Å². The number of hydrogen-bond acceptors (Lipinski definition) is 3. The molecule has 0 spiro atoms. The van der Waals surface area contributed by atoms with E-state index < -0.39 is 0 Å². The monoisotopic (exact) mass is 227 g/mol. The number of pyridine rings is 1. The highest BCUT2D eigenvalue weighted by atomic mass is 14.9. The second-order valence-corrected chi connectivity index (χ2v) is 4.40. The SMILES string of the molecule is N#Cc1ncccc1CNCC1CC=CCC1. The topological polar surface area (TPSA) is 48.7 Å². The molecule has 0 amide bonds. The number of allylic oxidation sites excluding steroid dienone is 2. The van der Waals surface area contributed by atoms with Gasteiger partial charge in [0.1, 0.15) is 11.8 Å². The minimum absolute atomic E-state index is 0.531. The molecule has 0 radical (unpaired) electrons. The summed E-state index contributed by atoms with van der Waals surface area (Å²) in [6.07, 6.45) is 9.81. The van der Waals surface area contributed by atoms with E-state index in [9.17, 15) is 0 Å². The number of nitriles is 1. The van der Waals surface area contributed by atoms with Gasteiger partial charge in [-0.25, -0.2) is 4.98 Å². The zero-order valence-corrected chi connectivity index (χ0v) is 9.89. The van der Waals surface area contributed by atoms with Crippen LogP contribution in [-0.2, 0) is 6.54 Å². The lowest BCUT2D eigenvalue weighted by atomic mass is 9.94. The summed E-state index contributed by atoms with van der Waals surface area (Å²) in [5, 5.41) is 12.3. The second kappa shape index (κ2) is 6.17. The van der Waals surface area contributed by atoms with E-state index in [-0.39, 0.29) is 0 Å². The van der Waals surface area contributed by atoms with Gasteiger partial charge in [0.25, 0.3) is 0 Å². The zero-order valence-electron chi connectivity index (χ0n) is 9.89. The van der Waals surface area contributed by atoms with Gasteiger partial charge >= 0.3 is 0 Å². The lowest BCUT2D eigenvalue weighted by molar-refractivity contribution is 0.440. The van der Waals surface area contributed by atoms with Crippen LogP contribution in [0.5, 0.6) is 0 Å². The molecule has 17 heavy (non-hydrogen) atoms. The molecule has 1 unspecified atom stereocenters. The van der Waals surface area contributed by atoms with Crippen molar-refractivity contribution in [3.05, 3.63) is 41.7 Å². The molecule has 1 heterocycles. The Morgan fingerprint density at radius 3 is 3.18 bits per heavy atom. The highest BCUT2D eigenvalue weighted by Crippen LogP contribution is 2.17. The van der Waals surface area contributed by atoms with Gasteiger partial charge in [0, 0.05) is 18.3 Å². The van der Waals surface area contributed by atoms with E-state index in [1.54, 1.807) is 6.20 Å². The largest absolute Gasteiger partial charge is 0.312 e. The Morgan fingerprint density at radius 2 is 2.41 bits per heavy atom. The highest BCUT2D eigenvalue weighted by molar-refractivity contribution is 5.30. The Labute approximate surface area is 102 Å². The molecule has 0 aliphatic heterocycles. The van der Waals surface area contributed by atoms with E-state index >= 15 is 0 Å². The van der Waals surface area contributed by atoms with Crippen molar-refractivity contribution in [2.75, 3.05) is 6.54 Å². The molecule has 1 aromatic rings. The van der Waals surface area contributed by atoms with Crippen LogP contribution in [0.2, 0.25) is 0 Å². The Kier molecular flexibility index (Phi) is 4.29. The van der Waals surface area contributed by atoms with Crippen LogP contribution >= 0.6 is 0 Å². The molecule has 1 aromatic heterocycles. The molecule has 1 N–H and O–H groups in total. The fourth-order valence-electron chi connectivity index (χ4n) is 2.13. The van der Waals surface area contributed by atoms with Gasteiger partial charge in [0.05, 0.1) is 0 Å². The van der Waals surface area contributed by atoms with E-state index in [1.807, 2.05) is 12.1 Å². The quantitative estimate of drug-likeness (QED) is 0.803. The van der Waals surface area contributed by atoms with E-state index in [0.29, 0.717) is 5.69 Å². The second-order valence-electron chi connectivity index (χ2n) is 4.40. The smallest absolute Gasteiger partial charge is 0.144 e. The van der Waals surface area contributed by atoms with Gasteiger partial charge in [-0.3, -0.25) is 0 Å². The Hall–Kier alpha value is -1.66. The van der Waals surface area contributed by atoms with Crippen LogP contribution in [0.25, 0.3) is 0 Å². The minimum Gasteiger partial charge on any atom is -0.312 e. The molecule has 1 aliphatic carbocycles. The van der Waals surface area contributed by atoms with Crippen molar-refractivity contribution in [1.82, 2.24) is 10.3 Å². The third-order valence-corrected chi connectivity index (χ3v) is 3.12. The highest BCUT2D eigenvalue weighted by Gasteiger charge is 2.09. The zero-order chi connectivity index (χ0) is 11.9. The third-order valence-electron chi connectivity index (χ3n) is 3.12. The van der Waals surface area contributed by atoms with Crippen LogP contribution < -0.4 is 5.32 Å². The van der Waals surface area contributed by atoms with Gasteiger partial charge < -0.3 is 5.32 Å². The maximum absolute atomic E-state index is 8.92. The predicted octanol–water partition coefficient (Wildman–Crippen LogP) is 2.40. The maximum atomic E-state index is 8.92. The summed E-state index contributed by atoms with van der Waals surface area (Å²) in [5.41, 5.74) is 1.52. The van der Waals surface area contributed by atoms with E-state index in [2.05, 4.69) is 28.5 Å². The lowest BCUT2D eigenvalue weighted by Gasteiger charge is -2.18. The Morgan fingerprint density at radius 1 is 1.47 bits per heavy atom. The maximum Gasteiger partial charge on any atom is 0.144 e. The Balaban J connectivity index is 1.82. The van der Waals surface area contributed by atoms with Crippen molar-refractivity contribution >= 4 is 0 Å². The normalized spacial score (nSPS) is 18.9. The van der Waals surface area contributed by atoms with E-state index in [0.717, 1.165) is 24.6 Å². The number of hydrogen-bond donors (Lipinski definition) is 1. The molecular weight excluding hydrogens is 210 g/mol. The molecule has 3 nitrogen and oxygen atoms in total. The van der Waals surface area contributed by atoms with Crippen molar-refractivity contribution in [1.29, 1.82) is 5.26 Å². The summed E-state index contributed by atoms with van der Waals surface area (Å²) in [4.78, 5) is 4.05. The first-order valence-corrected chi connectivity index (χ1v) is 6.10. The molecule has 0 aromatic carbocycles. The number of nitrogens with zero attached hydrogens (tertiary/aromatic N) is 2. The third kappa shape index (κ3) is 3.40. The first-order chi connectivity index (χ1) is 8.40. The van der Waals surface area contributed by atoms with Crippen LogP contribution in [0, 0.1) is 17.2 Å². The average Bonchev–Trinajstić information content (AvgIpc) is 2.40. The number of aromatic nitrogens is 1. The predicted molar refractivity (Wildman–Crippen MR) is 67.1 cm³/mol. The van der Waals surface area contributed by atoms with Gasteiger partial charge in [-0.15, -0.1) is 0 Å². The summed E-state index contributed by atoms with van der Waals surface area (Å²) in [5.74, 6) is 0.738. The summed E-state index contributed by atoms with van der Waals surface area (Å²) >= 11 is 0. The molecule has 1 atom stereocenters. The fraction of sp³-hybridized carbons (Fsp3) is 0.429. The minimum atomic E-state index is 0.531. The van der Waals surface area contributed by atoms with E-state index in [4.69, 9.17) is 5.26 Å². The van der Waals surface area contributed by atoms with Gasteiger partial charge in [0.2, 0.25) is 0 Å². The van der Waals surface area contributed by atoms with E-state index in [1.165, 1.54) is 19.3 Å². The molecule has 3 heteroatoms. The van der Waals surface area contributed by atoms with Crippen molar-refractivity contribution in [2.24, 2.45) is 5.92 Å². The van der Waals surface area contributed by atoms with Gasteiger partial charge in [-0.1, -0.05) is 18.2 Å². The molecule has 88 valence electrons. The first kappa shape index (κ1) is 11.8.